The number of anilines is 1. The Morgan fingerprint density at radius 1 is 0.949 bits per heavy atom. The number of unbranched alkanes of at least 4 members (excludes halogenated alkanes) is 1. The molecule has 5 atom stereocenters. The molecule has 5 aromatic rings. The molecule has 0 spiro atoms. The van der Waals surface area contributed by atoms with Crippen LogP contribution in [-0.4, -0.2) is 15.8 Å². The van der Waals surface area contributed by atoms with Gasteiger partial charge in [-0.15, -0.1) is 11.8 Å². The van der Waals surface area contributed by atoms with Crippen molar-refractivity contribution in [2.45, 2.75) is 68.4 Å². The van der Waals surface area contributed by atoms with Crippen LogP contribution in [0.5, 0.6) is 0 Å². The second kappa shape index (κ2) is 14.8. The van der Waals surface area contributed by atoms with E-state index in [1.165, 1.54) is 77.9 Å². The fourth-order valence-corrected chi connectivity index (χ4v) is 11.4. The number of aromatic nitrogens is 1. The van der Waals surface area contributed by atoms with Gasteiger partial charge in [0, 0.05) is 49.8 Å². The summed E-state index contributed by atoms with van der Waals surface area (Å²) in [7, 11) is 0. The molecular weight excluding hydrogens is 737 g/mol. The lowest BCUT2D eigenvalue weighted by atomic mass is 9.86. The van der Waals surface area contributed by atoms with Gasteiger partial charge in [0.05, 0.1) is 16.7 Å². The highest BCUT2D eigenvalue weighted by molar-refractivity contribution is 8.00. The predicted octanol–water partition coefficient (Wildman–Crippen LogP) is 13.7. The second-order valence-electron chi connectivity index (χ2n) is 17.0. The zero-order valence-electron chi connectivity index (χ0n) is 33.9. The standard InChI is InChI=1S/C54H50N4S/c1-3-4-5-13-34(2)46(27-23-35-22-24-36-31-38(36)30-35)56-54(55)58-48-19-10-7-16-43(48)53-40(17-12-20-50(53)58)37-25-28-49-44(32-37)41-14-6-9-18-47(41)57(49)39-26-29-52-45(33-39)42-15-8-11-21-51(42)59-52/h5-15,17-22,24-28,30,32-34,36,38,43,52H,3-4,16,23,29,31H2,1-2H3,(H2,55,56)/b13-5-,46-27-. The molecule has 2 N–H and O–H groups in total. The SMILES string of the molecule is CCC/C=C\C(C)/C(=C/CC1=CC2CC2C=C1)N=C(N)N1C2=CC=CCC2c2c(-c3ccc4c(c3)c3ccccc3n4C3=CCC4Sc5ccccc5C4=C3)cccc21. The molecule has 292 valence electrons. The molecule has 11 rings (SSSR count). The van der Waals surface area contributed by atoms with Gasteiger partial charge >= 0.3 is 0 Å². The Kier molecular flexibility index (Phi) is 9.11. The van der Waals surface area contributed by atoms with Gasteiger partial charge in [-0.2, -0.15) is 0 Å². The first-order chi connectivity index (χ1) is 29.0. The fraction of sp³-hybridized carbons (Fsp3) is 0.241. The van der Waals surface area contributed by atoms with E-state index in [2.05, 4.69) is 175 Å². The Hall–Kier alpha value is -5.78. The molecule has 3 heterocycles. The van der Waals surface area contributed by atoms with E-state index in [0.29, 0.717) is 11.2 Å². The molecule has 1 saturated carbocycles. The minimum atomic E-state index is 0.148. The van der Waals surface area contributed by atoms with E-state index in [0.717, 1.165) is 55.3 Å². The van der Waals surface area contributed by atoms with Crippen molar-refractivity contribution in [2.75, 3.05) is 4.90 Å². The molecule has 5 heteroatoms. The maximum absolute atomic E-state index is 7.19. The summed E-state index contributed by atoms with van der Waals surface area (Å²) in [6.07, 6.45) is 32.0. The summed E-state index contributed by atoms with van der Waals surface area (Å²) in [6.45, 7) is 4.47. The van der Waals surface area contributed by atoms with Gasteiger partial charge in [0.1, 0.15) is 0 Å². The predicted molar refractivity (Wildman–Crippen MR) is 251 cm³/mol. The first-order valence-electron chi connectivity index (χ1n) is 21.7. The van der Waals surface area contributed by atoms with Crippen molar-refractivity contribution >= 4 is 56.5 Å². The number of guanidine groups is 1. The van der Waals surface area contributed by atoms with E-state index >= 15 is 0 Å². The number of nitrogens with zero attached hydrogens (tertiary/aromatic N) is 3. The van der Waals surface area contributed by atoms with Gasteiger partial charge in [0.25, 0.3) is 0 Å². The van der Waals surface area contributed by atoms with Crippen LogP contribution in [0.15, 0.2) is 179 Å². The van der Waals surface area contributed by atoms with E-state index in [1.54, 1.807) is 0 Å². The number of nitrogens with two attached hydrogens (primary N) is 1. The molecule has 2 aliphatic heterocycles. The monoisotopic (exact) mass is 786 g/mol. The van der Waals surface area contributed by atoms with Crippen LogP contribution in [0.4, 0.5) is 5.69 Å². The summed E-state index contributed by atoms with van der Waals surface area (Å²) in [4.78, 5) is 8.93. The zero-order valence-corrected chi connectivity index (χ0v) is 34.7. The van der Waals surface area contributed by atoms with Crippen molar-refractivity contribution in [3.05, 3.63) is 180 Å². The van der Waals surface area contributed by atoms with Crippen molar-refractivity contribution in [3.63, 3.8) is 0 Å². The molecule has 0 amide bonds. The third kappa shape index (κ3) is 6.33. The van der Waals surface area contributed by atoms with E-state index in [1.807, 2.05) is 11.8 Å². The first-order valence-corrected chi connectivity index (χ1v) is 22.5. The number of allylic oxidation sites excluding steroid dienone is 14. The average molecular weight is 787 g/mol. The highest BCUT2D eigenvalue weighted by Crippen LogP contribution is 2.53. The average Bonchev–Trinajstić information content (AvgIpc) is 3.67. The molecule has 0 radical (unpaired) electrons. The molecule has 1 aromatic heterocycles. The minimum absolute atomic E-state index is 0.148. The number of para-hydroxylation sites is 1. The molecule has 4 aliphatic carbocycles. The van der Waals surface area contributed by atoms with Crippen LogP contribution in [0.3, 0.4) is 0 Å². The zero-order chi connectivity index (χ0) is 39.6. The first kappa shape index (κ1) is 36.3. The maximum Gasteiger partial charge on any atom is 0.205 e. The normalized spacial score (nSPS) is 23.4. The molecule has 0 saturated heterocycles. The Morgan fingerprint density at radius 3 is 2.73 bits per heavy atom. The summed E-state index contributed by atoms with van der Waals surface area (Å²) < 4.78 is 2.48. The lowest BCUT2D eigenvalue weighted by Crippen LogP contribution is -2.35. The number of rotatable bonds is 9. The molecule has 5 unspecified atom stereocenters. The van der Waals surface area contributed by atoms with Crippen LogP contribution in [0.2, 0.25) is 0 Å². The quantitative estimate of drug-likeness (QED) is 0.0919. The van der Waals surface area contributed by atoms with E-state index < -0.39 is 0 Å². The lowest BCUT2D eigenvalue weighted by Gasteiger charge is -2.24. The van der Waals surface area contributed by atoms with Crippen LogP contribution >= 0.6 is 11.8 Å². The molecule has 1 fully saturated rings. The summed E-state index contributed by atoms with van der Waals surface area (Å²) in [5.41, 5.74) is 22.3. The van der Waals surface area contributed by atoms with Crippen molar-refractivity contribution < 1.29 is 0 Å². The number of hydrogen-bond acceptors (Lipinski definition) is 2. The van der Waals surface area contributed by atoms with Crippen LogP contribution < -0.4 is 10.6 Å². The Morgan fingerprint density at radius 2 is 1.81 bits per heavy atom. The van der Waals surface area contributed by atoms with Gasteiger partial charge in [0.15, 0.2) is 0 Å². The summed E-state index contributed by atoms with van der Waals surface area (Å²) in [6, 6.07) is 31.6. The van der Waals surface area contributed by atoms with Gasteiger partial charge in [-0.3, -0.25) is 4.90 Å². The molecule has 59 heavy (non-hydrogen) atoms. The number of fused-ring (bicyclic) bond motifs is 10. The number of aliphatic imine (C=N–C) groups is 1. The van der Waals surface area contributed by atoms with Crippen LogP contribution in [-0.2, 0) is 0 Å². The second-order valence-corrected chi connectivity index (χ2v) is 18.3. The molecule has 6 aliphatic rings. The van der Waals surface area contributed by atoms with E-state index in [4.69, 9.17) is 10.7 Å². The van der Waals surface area contributed by atoms with Crippen molar-refractivity contribution in [3.8, 4) is 11.1 Å². The highest BCUT2D eigenvalue weighted by Gasteiger charge is 2.38. The number of hydrogen-bond donors (Lipinski definition) is 1. The van der Waals surface area contributed by atoms with E-state index in [-0.39, 0.29) is 11.8 Å². The van der Waals surface area contributed by atoms with Gasteiger partial charge in [-0.05, 0) is 120 Å². The van der Waals surface area contributed by atoms with Gasteiger partial charge in [-0.1, -0.05) is 130 Å². The topological polar surface area (TPSA) is 46.5 Å². The van der Waals surface area contributed by atoms with Gasteiger partial charge in [-0.25, -0.2) is 4.99 Å². The summed E-state index contributed by atoms with van der Waals surface area (Å²) in [5, 5.41) is 3.03. The van der Waals surface area contributed by atoms with E-state index in [9.17, 15) is 0 Å². The highest BCUT2D eigenvalue weighted by atomic mass is 32.2. The Balaban J connectivity index is 0.984. The third-order valence-electron chi connectivity index (χ3n) is 13.2. The smallest absolute Gasteiger partial charge is 0.205 e. The number of thioether (sulfide) groups is 1. The number of benzene rings is 4. The molecule has 4 aromatic carbocycles. The van der Waals surface area contributed by atoms with Crippen LogP contribution in [0.1, 0.15) is 69.4 Å². The Bertz CT molecular complexity index is 2830. The summed E-state index contributed by atoms with van der Waals surface area (Å²) in [5.74, 6) is 2.36. The third-order valence-corrected chi connectivity index (χ3v) is 14.5. The van der Waals surface area contributed by atoms with Gasteiger partial charge < -0.3 is 10.3 Å². The fourth-order valence-electron chi connectivity index (χ4n) is 10.1. The van der Waals surface area contributed by atoms with Crippen molar-refractivity contribution in [1.82, 2.24) is 4.57 Å². The maximum atomic E-state index is 7.19. The minimum Gasteiger partial charge on any atom is -0.369 e. The van der Waals surface area contributed by atoms with Crippen LogP contribution in [0.25, 0.3) is 44.2 Å². The largest absolute Gasteiger partial charge is 0.369 e. The molecular formula is C54H50N4S. The molecule has 4 nitrogen and oxygen atoms in total. The lowest BCUT2D eigenvalue weighted by molar-refractivity contribution is 0.813. The molecule has 0 bridgehead atoms. The Labute approximate surface area is 352 Å². The van der Waals surface area contributed by atoms with Gasteiger partial charge in [0.2, 0.25) is 5.96 Å². The van der Waals surface area contributed by atoms with Crippen molar-refractivity contribution in [1.29, 1.82) is 0 Å². The van der Waals surface area contributed by atoms with Crippen molar-refractivity contribution in [2.24, 2.45) is 28.5 Å². The summed E-state index contributed by atoms with van der Waals surface area (Å²) >= 11 is 2.00. The van der Waals surface area contributed by atoms with Crippen LogP contribution in [0, 0.1) is 17.8 Å².